The van der Waals surface area contributed by atoms with E-state index in [4.69, 9.17) is 4.74 Å². The third-order valence-electron chi connectivity index (χ3n) is 7.51. The number of hydrogen-bond donors (Lipinski definition) is 2. The largest absolute Gasteiger partial charge is 0.633 e. The molecule has 1 aromatic rings. The Hall–Kier alpha value is -1.77. The number of ether oxygens (including phenoxy) is 1. The number of alkyl halides is 3. The molecule has 2 heterocycles. The molecule has 2 bridgehead atoms. The third-order valence-corrected chi connectivity index (χ3v) is 7.51. The maximum Gasteiger partial charge on any atom is 0.394 e. The molecule has 1 aromatic carbocycles. The van der Waals surface area contributed by atoms with E-state index in [2.05, 4.69) is 6.58 Å². The first kappa shape index (κ1) is 18.3. The van der Waals surface area contributed by atoms with Gasteiger partial charge in [-0.2, -0.15) is 13.2 Å². The lowest BCUT2D eigenvalue weighted by Gasteiger charge is -2.67. The van der Waals surface area contributed by atoms with Crippen molar-refractivity contribution in [2.45, 2.75) is 61.4 Å². The van der Waals surface area contributed by atoms with Crippen LogP contribution >= 0.6 is 0 Å². The molecule has 28 heavy (non-hydrogen) atoms. The van der Waals surface area contributed by atoms with Crippen LogP contribution in [0.2, 0.25) is 0 Å². The smallest absolute Gasteiger partial charge is 0.394 e. The van der Waals surface area contributed by atoms with E-state index in [1.807, 2.05) is 0 Å². The Bertz CT molecular complexity index is 887. The number of aromatic hydroxyl groups is 1. The molecular weight excluding hydrogens is 375 g/mol. The van der Waals surface area contributed by atoms with E-state index in [1.54, 1.807) is 6.07 Å². The molecule has 4 aliphatic rings. The number of rotatable bonds is 2. The van der Waals surface area contributed by atoms with Gasteiger partial charge in [0.15, 0.2) is 11.5 Å². The first-order chi connectivity index (χ1) is 13.0. The second kappa shape index (κ2) is 5.23. The number of likely N-dealkylation sites (tertiary alicyclic amines) is 1. The second-order valence-electron chi connectivity index (χ2n) is 8.73. The number of hydroxylamine groups is 3. The van der Waals surface area contributed by atoms with E-state index in [0.717, 1.165) is 16.7 Å². The summed E-state index contributed by atoms with van der Waals surface area (Å²) in [5, 5.41) is 35.8. The molecule has 0 amide bonds. The zero-order valence-electron chi connectivity index (χ0n) is 15.3. The molecule has 152 valence electrons. The van der Waals surface area contributed by atoms with Crippen LogP contribution in [0.5, 0.6) is 11.5 Å². The molecule has 0 radical (unpaired) electrons. The first-order valence-electron chi connectivity index (χ1n) is 9.58. The zero-order valence-corrected chi connectivity index (χ0v) is 15.3. The van der Waals surface area contributed by atoms with Crippen molar-refractivity contribution in [3.8, 4) is 11.5 Å². The minimum atomic E-state index is -4.42. The number of piperidine rings is 1. The first-order valence-corrected chi connectivity index (χ1v) is 9.58. The summed E-state index contributed by atoms with van der Waals surface area (Å²) in [5.74, 6) is 0.297. The topological polar surface area (TPSA) is 72.8 Å². The average molecular weight is 397 g/mol. The monoisotopic (exact) mass is 397 g/mol. The molecule has 1 saturated carbocycles. The summed E-state index contributed by atoms with van der Waals surface area (Å²) in [6.07, 6.45) is -5.09. The van der Waals surface area contributed by atoms with Crippen molar-refractivity contribution in [1.29, 1.82) is 0 Å². The van der Waals surface area contributed by atoms with Gasteiger partial charge in [-0.1, -0.05) is 12.6 Å². The second-order valence-corrected chi connectivity index (χ2v) is 8.73. The Morgan fingerprint density at radius 1 is 1.32 bits per heavy atom. The van der Waals surface area contributed by atoms with Crippen molar-refractivity contribution >= 4 is 0 Å². The minimum absolute atomic E-state index is 0.0231. The maximum atomic E-state index is 13.6. The highest BCUT2D eigenvalue weighted by molar-refractivity contribution is 5.63. The highest BCUT2D eigenvalue weighted by Crippen LogP contribution is 2.67. The SMILES string of the molecule is C=C1CC[C@@]2(O)[C@H]3Cc4ccc(O)c5c4[C@@]2(CC[N+]3([O-])CCC(F)(F)F)[C@H]1O5. The number of phenols is 1. The molecule has 2 aliphatic carbocycles. The van der Waals surface area contributed by atoms with E-state index in [-0.39, 0.29) is 31.6 Å². The number of quaternary nitrogens is 1. The summed E-state index contributed by atoms with van der Waals surface area (Å²) in [6.45, 7) is 3.47. The van der Waals surface area contributed by atoms with Gasteiger partial charge in [-0.05, 0) is 30.0 Å². The molecule has 8 heteroatoms. The van der Waals surface area contributed by atoms with Gasteiger partial charge >= 0.3 is 6.18 Å². The average Bonchev–Trinajstić information content (AvgIpc) is 2.98. The number of nitrogens with zero attached hydrogens (tertiary/aromatic N) is 1. The summed E-state index contributed by atoms with van der Waals surface area (Å²) in [4.78, 5) is 0. The predicted octanol–water partition coefficient (Wildman–Crippen LogP) is 3.07. The van der Waals surface area contributed by atoms with Crippen molar-refractivity contribution in [2.75, 3.05) is 13.1 Å². The van der Waals surface area contributed by atoms with Crippen molar-refractivity contribution < 1.29 is 32.8 Å². The normalized spacial score (nSPS) is 40.8. The van der Waals surface area contributed by atoms with E-state index in [9.17, 15) is 28.6 Å². The quantitative estimate of drug-likeness (QED) is 0.457. The van der Waals surface area contributed by atoms with Crippen molar-refractivity contribution in [1.82, 2.24) is 0 Å². The van der Waals surface area contributed by atoms with Crippen molar-refractivity contribution in [2.24, 2.45) is 0 Å². The van der Waals surface area contributed by atoms with Crippen LogP contribution < -0.4 is 4.74 Å². The van der Waals surface area contributed by atoms with Gasteiger partial charge in [-0.15, -0.1) is 0 Å². The van der Waals surface area contributed by atoms with Crippen LogP contribution in [0.25, 0.3) is 0 Å². The minimum Gasteiger partial charge on any atom is -0.633 e. The van der Waals surface area contributed by atoms with Gasteiger partial charge in [0.1, 0.15) is 17.7 Å². The summed E-state index contributed by atoms with van der Waals surface area (Å²) >= 11 is 0. The molecule has 1 unspecified atom stereocenters. The number of halogens is 3. The van der Waals surface area contributed by atoms with Crippen LogP contribution in [0.15, 0.2) is 24.3 Å². The lowest BCUT2D eigenvalue weighted by atomic mass is 9.48. The van der Waals surface area contributed by atoms with E-state index in [1.165, 1.54) is 6.07 Å². The molecule has 1 spiro atoms. The molecular formula is C20H22F3NO4. The van der Waals surface area contributed by atoms with Crippen LogP contribution in [0.4, 0.5) is 13.2 Å². The molecule has 5 atom stereocenters. The summed E-state index contributed by atoms with van der Waals surface area (Å²) in [5.41, 5.74) is -0.146. The van der Waals surface area contributed by atoms with Gasteiger partial charge in [0.25, 0.3) is 0 Å². The molecule has 2 fully saturated rings. The van der Waals surface area contributed by atoms with Gasteiger partial charge in [-0.3, -0.25) is 0 Å². The Morgan fingerprint density at radius 2 is 2.07 bits per heavy atom. The Labute approximate surface area is 160 Å². The molecule has 5 rings (SSSR count). The maximum absolute atomic E-state index is 13.6. The number of benzene rings is 1. The standard InChI is InChI=1S/C20H22F3NO4/c1-11-4-5-19(26)14-10-12-2-3-13(25)16-15(12)18(19,17(11)28-16)6-8-24(14,27)9-7-20(21,22)23/h2-3,14,17,25-26H,1,4-10H2/t14-,17+,18+,19-,24?/m1/s1. The predicted molar refractivity (Wildman–Crippen MR) is 93.7 cm³/mol. The van der Waals surface area contributed by atoms with Crippen LogP contribution in [-0.4, -0.2) is 51.9 Å². The molecule has 5 nitrogen and oxygen atoms in total. The van der Waals surface area contributed by atoms with Crippen LogP contribution in [0.3, 0.4) is 0 Å². The molecule has 1 saturated heterocycles. The summed E-state index contributed by atoms with van der Waals surface area (Å²) in [6, 6.07) is 2.29. The summed E-state index contributed by atoms with van der Waals surface area (Å²) in [7, 11) is 0. The lowest BCUT2D eigenvalue weighted by molar-refractivity contribution is -0.923. The van der Waals surface area contributed by atoms with Crippen LogP contribution in [-0.2, 0) is 11.8 Å². The molecule has 0 aromatic heterocycles. The van der Waals surface area contributed by atoms with Crippen molar-refractivity contribution in [3.05, 3.63) is 40.6 Å². The van der Waals surface area contributed by atoms with Gasteiger partial charge < -0.3 is 24.8 Å². The summed E-state index contributed by atoms with van der Waals surface area (Å²) < 4.78 is 43.6. The molecule has 2 aliphatic heterocycles. The fraction of sp³-hybridized carbons (Fsp3) is 0.600. The third kappa shape index (κ3) is 2.03. The Kier molecular flexibility index (Phi) is 3.41. The Balaban J connectivity index is 1.68. The zero-order chi connectivity index (χ0) is 20.1. The highest BCUT2D eigenvalue weighted by Gasteiger charge is 2.74. The van der Waals surface area contributed by atoms with Gasteiger partial charge in [-0.25, -0.2) is 0 Å². The highest BCUT2D eigenvalue weighted by atomic mass is 19.4. The Morgan fingerprint density at radius 3 is 2.79 bits per heavy atom. The van der Waals surface area contributed by atoms with E-state index < -0.39 is 47.0 Å². The van der Waals surface area contributed by atoms with Gasteiger partial charge in [0.05, 0.1) is 24.9 Å². The van der Waals surface area contributed by atoms with E-state index >= 15 is 0 Å². The van der Waals surface area contributed by atoms with Crippen LogP contribution in [0.1, 0.15) is 36.8 Å². The van der Waals surface area contributed by atoms with Gasteiger partial charge in [0.2, 0.25) is 0 Å². The van der Waals surface area contributed by atoms with Crippen LogP contribution in [0, 0.1) is 5.21 Å². The fourth-order valence-electron chi connectivity index (χ4n) is 6.30. The number of phenolic OH excluding ortho intramolecular Hbond substituents is 1. The number of hydrogen-bond acceptors (Lipinski definition) is 4. The van der Waals surface area contributed by atoms with Gasteiger partial charge in [0, 0.05) is 18.4 Å². The fourth-order valence-corrected chi connectivity index (χ4v) is 6.30. The lowest BCUT2D eigenvalue weighted by Crippen LogP contribution is -2.79. The van der Waals surface area contributed by atoms with E-state index in [0.29, 0.717) is 12.2 Å². The number of aliphatic hydroxyl groups is 1. The molecule has 2 N–H and O–H groups in total. The van der Waals surface area contributed by atoms with Crippen molar-refractivity contribution in [3.63, 3.8) is 0 Å².